The summed E-state index contributed by atoms with van der Waals surface area (Å²) < 4.78 is 11.0. The Balaban J connectivity index is 2.27. The van der Waals surface area contributed by atoms with E-state index in [-0.39, 0.29) is 11.3 Å². The van der Waals surface area contributed by atoms with Crippen LogP contribution in [0.4, 0.5) is 0 Å². The lowest BCUT2D eigenvalue weighted by Gasteiger charge is -2.42. The minimum Gasteiger partial charge on any atom is -0.462 e. The van der Waals surface area contributed by atoms with Gasteiger partial charge in [-0.05, 0) is 12.1 Å². The van der Waals surface area contributed by atoms with E-state index in [1.807, 2.05) is 0 Å². The third-order valence-electron chi connectivity index (χ3n) is 3.54. The number of aldehydes is 1. The van der Waals surface area contributed by atoms with Crippen molar-refractivity contribution in [1.29, 1.82) is 0 Å². The van der Waals surface area contributed by atoms with E-state index in [2.05, 4.69) is 5.32 Å². The topological polar surface area (TPSA) is 125 Å². The molecule has 1 fully saturated rings. The number of benzene rings is 1. The van der Waals surface area contributed by atoms with Crippen molar-refractivity contribution in [2.45, 2.75) is 37.6 Å². The lowest BCUT2D eigenvalue weighted by Crippen LogP contribution is -2.65. The van der Waals surface area contributed by atoms with Crippen LogP contribution >= 0.6 is 0 Å². The summed E-state index contributed by atoms with van der Waals surface area (Å²) in [4.78, 5) is 22.4. The van der Waals surface area contributed by atoms with Crippen molar-refractivity contribution in [3.05, 3.63) is 29.8 Å². The molecule has 0 saturated carbocycles. The van der Waals surface area contributed by atoms with E-state index >= 15 is 0 Å². The van der Waals surface area contributed by atoms with E-state index in [1.54, 1.807) is 12.1 Å². The molecule has 1 aromatic carbocycles. The third kappa shape index (κ3) is 3.85. The lowest BCUT2D eigenvalue weighted by atomic mass is 9.97. The van der Waals surface area contributed by atoms with Gasteiger partial charge in [0.2, 0.25) is 12.2 Å². The maximum absolute atomic E-state index is 11.3. The minimum atomic E-state index is -1.40. The fourth-order valence-corrected chi connectivity index (χ4v) is 2.38. The van der Waals surface area contributed by atoms with E-state index in [0.717, 1.165) is 0 Å². The van der Waals surface area contributed by atoms with Crippen LogP contribution in [0.3, 0.4) is 0 Å². The Kier molecular flexibility index (Phi) is 5.67. The zero-order chi connectivity index (χ0) is 17.0. The molecular formula is C15H19NO7. The highest BCUT2D eigenvalue weighted by Gasteiger charge is 2.46. The molecule has 0 radical (unpaired) electrons. The number of carbonyl (C=O) groups is 2. The minimum absolute atomic E-state index is 0.197. The Hall–Kier alpha value is -2.00. The van der Waals surface area contributed by atoms with Crippen molar-refractivity contribution in [3.8, 4) is 5.75 Å². The van der Waals surface area contributed by atoms with Crippen molar-refractivity contribution in [2.24, 2.45) is 0 Å². The predicted octanol–water partition coefficient (Wildman–Crippen LogP) is -1.18. The Morgan fingerprint density at radius 3 is 2.65 bits per heavy atom. The zero-order valence-electron chi connectivity index (χ0n) is 12.5. The van der Waals surface area contributed by atoms with E-state index in [0.29, 0.717) is 6.29 Å². The summed E-state index contributed by atoms with van der Waals surface area (Å²) >= 11 is 0. The van der Waals surface area contributed by atoms with Gasteiger partial charge in [0.25, 0.3) is 0 Å². The van der Waals surface area contributed by atoms with E-state index in [1.165, 1.54) is 19.1 Å². The number of ether oxygens (including phenoxy) is 2. The zero-order valence-corrected chi connectivity index (χ0v) is 12.5. The second-order valence-electron chi connectivity index (χ2n) is 5.21. The van der Waals surface area contributed by atoms with Crippen LogP contribution in [0.25, 0.3) is 0 Å². The number of carbonyl (C=O) groups excluding carboxylic acids is 2. The summed E-state index contributed by atoms with van der Waals surface area (Å²) in [6, 6.07) is 5.30. The molecule has 1 amide bonds. The molecule has 23 heavy (non-hydrogen) atoms. The van der Waals surface area contributed by atoms with Crippen molar-refractivity contribution in [2.75, 3.05) is 6.61 Å². The molecule has 1 aliphatic heterocycles. The summed E-state index contributed by atoms with van der Waals surface area (Å²) in [5.41, 5.74) is 0.263. The summed E-state index contributed by atoms with van der Waals surface area (Å²) in [7, 11) is 0. The van der Waals surface area contributed by atoms with Gasteiger partial charge in [-0.2, -0.15) is 0 Å². The number of aliphatic hydroxyl groups is 3. The molecular weight excluding hydrogens is 306 g/mol. The number of rotatable bonds is 5. The van der Waals surface area contributed by atoms with E-state index in [4.69, 9.17) is 9.47 Å². The molecule has 8 nitrogen and oxygen atoms in total. The van der Waals surface area contributed by atoms with Gasteiger partial charge >= 0.3 is 0 Å². The predicted molar refractivity (Wildman–Crippen MR) is 77.8 cm³/mol. The molecule has 0 unspecified atom stereocenters. The highest BCUT2D eigenvalue weighted by molar-refractivity contribution is 5.79. The first-order chi connectivity index (χ1) is 11.0. The molecule has 0 spiro atoms. The van der Waals surface area contributed by atoms with Crippen LogP contribution in [0.2, 0.25) is 0 Å². The molecule has 4 N–H and O–H groups in total. The van der Waals surface area contributed by atoms with Gasteiger partial charge in [0.15, 0.2) is 6.29 Å². The quantitative estimate of drug-likeness (QED) is 0.502. The van der Waals surface area contributed by atoms with Gasteiger partial charge < -0.3 is 30.1 Å². The number of para-hydroxylation sites is 1. The molecule has 126 valence electrons. The SMILES string of the molecule is CC(=O)N[C@@H]1[C@H](Oc2ccccc2C=O)O[C@H](CO)[C@@H](O)[C@@H]1O. The van der Waals surface area contributed by atoms with Crippen LogP contribution < -0.4 is 10.1 Å². The first-order valence-corrected chi connectivity index (χ1v) is 7.08. The number of amides is 1. The first-order valence-electron chi connectivity index (χ1n) is 7.08. The number of nitrogens with one attached hydrogen (secondary N) is 1. The van der Waals surface area contributed by atoms with Crippen LogP contribution in [0.15, 0.2) is 24.3 Å². The van der Waals surface area contributed by atoms with E-state index < -0.39 is 43.2 Å². The van der Waals surface area contributed by atoms with Gasteiger partial charge in [0.1, 0.15) is 30.1 Å². The Bertz CT molecular complexity index is 565. The van der Waals surface area contributed by atoms with Gasteiger partial charge in [-0.25, -0.2) is 0 Å². The van der Waals surface area contributed by atoms with Crippen molar-refractivity contribution >= 4 is 12.2 Å². The largest absolute Gasteiger partial charge is 0.462 e. The third-order valence-corrected chi connectivity index (χ3v) is 3.54. The van der Waals surface area contributed by atoms with Crippen LogP contribution in [0.1, 0.15) is 17.3 Å². The smallest absolute Gasteiger partial charge is 0.223 e. The fourth-order valence-electron chi connectivity index (χ4n) is 2.38. The molecule has 0 aliphatic carbocycles. The van der Waals surface area contributed by atoms with Gasteiger partial charge in [-0.3, -0.25) is 9.59 Å². The van der Waals surface area contributed by atoms with Gasteiger partial charge in [0.05, 0.1) is 12.2 Å². The monoisotopic (exact) mass is 325 g/mol. The number of hydrogen-bond acceptors (Lipinski definition) is 7. The highest BCUT2D eigenvalue weighted by atomic mass is 16.7. The first kappa shape index (κ1) is 17.4. The number of aliphatic hydroxyl groups excluding tert-OH is 3. The standard InChI is InChI=1S/C15H19NO7/c1-8(19)16-12-14(21)13(20)11(7-18)23-15(12)22-10-5-3-2-4-9(10)6-17/h2-6,11-15,18,20-21H,7H2,1H3,(H,16,19)/t11-,12+,13-,14-,15-/m1/s1. The molecule has 2 rings (SSSR count). The molecule has 8 heteroatoms. The Morgan fingerprint density at radius 2 is 2.04 bits per heavy atom. The fraction of sp³-hybridized carbons (Fsp3) is 0.467. The van der Waals surface area contributed by atoms with Gasteiger partial charge in [-0.1, -0.05) is 12.1 Å². The molecule has 1 aliphatic rings. The lowest BCUT2D eigenvalue weighted by molar-refractivity contribution is -0.244. The molecule has 1 heterocycles. The molecule has 0 bridgehead atoms. The summed E-state index contributed by atoms with van der Waals surface area (Å²) in [5, 5.41) is 31.7. The molecule has 1 aromatic rings. The molecule has 0 aromatic heterocycles. The van der Waals surface area contributed by atoms with Crippen molar-refractivity contribution < 1.29 is 34.4 Å². The van der Waals surface area contributed by atoms with Crippen molar-refractivity contribution in [1.82, 2.24) is 5.32 Å². The Labute approximate surface area is 132 Å². The highest BCUT2D eigenvalue weighted by Crippen LogP contribution is 2.26. The van der Waals surface area contributed by atoms with Crippen LogP contribution in [0.5, 0.6) is 5.75 Å². The summed E-state index contributed by atoms with van der Waals surface area (Å²) in [6.07, 6.45) is -4.46. The molecule has 5 atom stereocenters. The van der Waals surface area contributed by atoms with Crippen LogP contribution in [-0.2, 0) is 9.53 Å². The van der Waals surface area contributed by atoms with E-state index in [9.17, 15) is 24.9 Å². The Morgan fingerprint density at radius 1 is 1.35 bits per heavy atom. The second kappa shape index (κ2) is 7.51. The normalized spacial score (nSPS) is 30.5. The van der Waals surface area contributed by atoms with Crippen molar-refractivity contribution in [3.63, 3.8) is 0 Å². The summed E-state index contributed by atoms with van der Waals surface area (Å²) in [5.74, 6) is -0.257. The average molecular weight is 325 g/mol. The maximum atomic E-state index is 11.3. The molecule has 1 saturated heterocycles. The average Bonchev–Trinajstić information content (AvgIpc) is 2.54. The summed E-state index contributed by atoms with van der Waals surface area (Å²) in [6.45, 7) is 0.702. The van der Waals surface area contributed by atoms with Crippen LogP contribution in [0, 0.1) is 0 Å². The van der Waals surface area contributed by atoms with Gasteiger partial charge in [-0.15, -0.1) is 0 Å². The van der Waals surface area contributed by atoms with Crippen LogP contribution in [-0.4, -0.2) is 64.8 Å². The number of hydrogen-bond donors (Lipinski definition) is 4. The maximum Gasteiger partial charge on any atom is 0.223 e. The van der Waals surface area contributed by atoms with Gasteiger partial charge in [0, 0.05) is 6.92 Å². The second-order valence-corrected chi connectivity index (χ2v) is 5.21.